The van der Waals surface area contributed by atoms with Gasteiger partial charge in [0.1, 0.15) is 0 Å². The van der Waals surface area contributed by atoms with Gasteiger partial charge in [-0.25, -0.2) is 0 Å². The molecular weight excluding hydrogens is 174 g/mol. The largest absolute Gasteiger partial charge is 0.462 e. The van der Waals surface area contributed by atoms with Gasteiger partial charge in [0.05, 0.1) is 6.26 Å². The minimum Gasteiger partial charge on any atom is -0.462 e. The second-order valence-electron chi connectivity index (χ2n) is 2.14. The fourth-order valence-corrected chi connectivity index (χ4v) is 1.49. The lowest BCUT2D eigenvalue weighted by Gasteiger charge is -1.85. The summed E-state index contributed by atoms with van der Waals surface area (Å²) in [7, 11) is 1.81. The third-order valence-corrected chi connectivity index (χ3v) is 2.33. The summed E-state index contributed by atoms with van der Waals surface area (Å²) in [6.07, 6.45) is 1.62. The summed E-state index contributed by atoms with van der Waals surface area (Å²) >= 11 is 1.46. The molecule has 5 heteroatoms. The molecule has 0 atom stereocenters. The van der Waals surface area contributed by atoms with Crippen LogP contribution in [0, 0.1) is 0 Å². The molecule has 0 spiro atoms. The second-order valence-corrected chi connectivity index (χ2v) is 3.12. The van der Waals surface area contributed by atoms with Gasteiger partial charge in [-0.05, 0) is 12.1 Å². The van der Waals surface area contributed by atoms with Gasteiger partial charge in [0.25, 0.3) is 0 Å². The maximum absolute atomic E-state index is 5.16. The fraction of sp³-hybridized carbons (Fsp3) is 0.143. The quantitative estimate of drug-likeness (QED) is 0.768. The normalized spacial score (nSPS) is 10.1. The van der Waals surface area contributed by atoms with E-state index < -0.39 is 0 Å². The van der Waals surface area contributed by atoms with Gasteiger partial charge >= 0.3 is 0 Å². The minimum absolute atomic E-state index is 0.758. The molecule has 12 heavy (non-hydrogen) atoms. The van der Waals surface area contributed by atoms with Crippen LogP contribution in [0.5, 0.6) is 0 Å². The lowest BCUT2D eigenvalue weighted by Crippen LogP contribution is -1.84. The Kier molecular flexibility index (Phi) is 1.79. The number of aromatic nitrogens is 2. The zero-order chi connectivity index (χ0) is 8.39. The van der Waals surface area contributed by atoms with Crippen molar-refractivity contribution in [3.63, 3.8) is 0 Å². The summed E-state index contributed by atoms with van der Waals surface area (Å²) in [4.78, 5) is 0. The Morgan fingerprint density at radius 1 is 1.50 bits per heavy atom. The van der Waals surface area contributed by atoms with Crippen molar-refractivity contribution in [2.75, 3.05) is 12.4 Å². The van der Waals surface area contributed by atoms with E-state index in [0.29, 0.717) is 0 Å². The van der Waals surface area contributed by atoms with Gasteiger partial charge in [-0.15, -0.1) is 10.2 Å². The van der Waals surface area contributed by atoms with E-state index in [1.165, 1.54) is 11.3 Å². The van der Waals surface area contributed by atoms with Crippen molar-refractivity contribution in [3.05, 3.63) is 18.4 Å². The van der Waals surface area contributed by atoms with Crippen LogP contribution in [-0.2, 0) is 0 Å². The first kappa shape index (κ1) is 7.30. The molecule has 1 N–H and O–H groups in total. The first-order valence-electron chi connectivity index (χ1n) is 3.45. The van der Waals surface area contributed by atoms with E-state index in [0.717, 1.165) is 15.9 Å². The standard InChI is InChI=1S/C7H7N3OS/c1-8-7-10-9-6(12-7)5-3-2-4-11-5/h2-4H,1H3,(H,8,10). The molecule has 62 valence electrons. The molecule has 0 saturated carbocycles. The number of nitrogens with zero attached hydrogens (tertiary/aromatic N) is 2. The van der Waals surface area contributed by atoms with Gasteiger partial charge in [0, 0.05) is 7.05 Å². The zero-order valence-corrected chi connectivity index (χ0v) is 7.26. The van der Waals surface area contributed by atoms with Crippen LogP contribution < -0.4 is 5.32 Å². The van der Waals surface area contributed by atoms with Gasteiger partial charge in [-0.3, -0.25) is 0 Å². The van der Waals surface area contributed by atoms with E-state index in [4.69, 9.17) is 4.42 Å². The summed E-state index contributed by atoms with van der Waals surface area (Å²) < 4.78 is 5.16. The van der Waals surface area contributed by atoms with E-state index >= 15 is 0 Å². The molecule has 0 aliphatic rings. The highest BCUT2D eigenvalue weighted by Gasteiger charge is 2.06. The number of hydrogen-bond donors (Lipinski definition) is 1. The van der Waals surface area contributed by atoms with E-state index in [-0.39, 0.29) is 0 Å². The van der Waals surface area contributed by atoms with Crippen LogP contribution in [0.15, 0.2) is 22.8 Å². The fourth-order valence-electron chi connectivity index (χ4n) is 0.824. The predicted molar refractivity (Wildman–Crippen MR) is 47.2 cm³/mol. The minimum atomic E-state index is 0.758. The molecule has 0 bridgehead atoms. The topological polar surface area (TPSA) is 51.0 Å². The highest BCUT2D eigenvalue weighted by molar-refractivity contribution is 7.18. The van der Waals surface area contributed by atoms with E-state index in [1.54, 1.807) is 6.26 Å². The maximum atomic E-state index is 5.16. The number of furan rings is 1. The van der Waals surface area contributed by atoms with Gasteiger partial charge in [-0.2, -0.15) is 0 Å². The van der Waals surface area contributed by atoms with Crippen LogP contribution in [0.4, 0.5) is 5.13 Å². The van der Waals surface area contributed by atoms with Crippen LogP contribution in [0.2, 0.25) is 0 Å². The Hall–Kier alpha value is -1.36. The van der Waals surface area contributed by atoms with Crippen LogP contribution in [0.1, 0.15) is 0 Å². The lowest BCUT2D eigenvalue weighted by atomic mass is 10.5. The number of nitrogens with one attached hydrogen (secondary N) is 1. The van der Waals surface area contributed by atoms with Crippen molar-refractivity contribution >= 4 is 16.5 Å². The second kappa shape index (κ2) is 2.94. The van der Waals surface area contributed by atoms with Crippen LogP contribution in [-0.4, -0.2) is 17.2 Å². The average Bonchev–Trinajstić information content (AvgIpc) is 2.75. The molecule has 0 unspecified atom stereocenters. The van der Waals surface area contributed by atoms with Crippen molar-refractivity contribution in [1.29, 1.82) is 0 Å². The third kappa shape index (κ3) is 1.18. The molecule has 0 radical (unpaired) electrons. The van der Waals surface area contributed by atoms with Crippen molar-refractivity contribution in [2.45, 2.75) is 0 Å². The van der Waals surface area contributed by atoms with Gasteiger partial charge in [-0.1, -0.05) is 11.3 Å². The van der Waals surface area contributed by atoms with Crippen LogP contribution in [0.3, 0.4) is 0 Å². The molecule has 0 aliphatic heterocycles. The number of anilines is 1. The predicted octanol–water partition coefficient (Wildman–Crippen LogP) is 1.84. The van der Waals surface area contributed by atoms with Crippen molar-refractivity contribution in [2.24, 2.45) is 0 Å². The molecule has 2 aromatic rings. The maximum Gasteiger partial charge on any atom is 0.205 e. The molecule has 0 aliphatic carbocycles. The molecule has 0 aromatic carbocycles. The van der Waals surface area contributed by atoms with E-state index in [2.05, 4.69) is 15.5 Å². The molecule has 2 aromatic heterocycles. The Morgan fingerprint density at radius 3 is 3.00 bits per heavy atom. The molecular formula is C7H7N3OS. The summed E-state index contributed by atoms with van der Waals surface area (Å²) in [5.41, 5.74) is 0. The summed E-state index contributed by atoms with van der Waals surface area (Å²) in [5.74, 6) is 0.758. The number of rotatable bonds is 2. The van der Waals surface area contributed by atoms with E-state index in [9.17, 15) is 0 Å². The average molecular weight is 181 g/mol. The highest BCUT2D eigenvalue weighted by atomic mass is 32.1. The van der Waals surface area contributed by atoms with Gasteiger partial charge < -0.3 is 9.73 Å². The van der Waals surface area contributed by atoms with Gasteiger partial charge in [0.2, 0.25) is 5.13 Å². The lowest BCUT2D eigenvalue weighted by molar-refractivity contribution is 0.581. The Balaban J connectivity index is 2.35. The zero-order valence-electron chi connectivity index (χ0n) is 6.44. The first-order chi connectivity index (χ1) is 5.90. The Bertz CT molecular complexity index is 354. The van der Waals surface area contributed by atoms with Crippen molar-refractivity contribution < 1.29 is 4.42 Å². The Morgan fingerprint density at radius 2 is 2.42 bits per heavy atom. The Labute approximate surface area is 73.2 Å². The molecule has 2 heterocycles. The SMILES string of the molecule is CNc1nnc(-c2ccco2)s1. The smallest absolute Gasteiger partial charge is 0.205 e. The summed E-state index contributed by atoms with van der Waals surface area (Å²) in [5, 5.41) is 12.3. The molecule has 0 fully saturated rings. The molecule has 2 rings (SSSR count). The molecule has 0 amide bonds. The first-order valence-corrected chi connectivity index (χ1v) is 4.27. The third-order valence-electron chi connectivity index (χ3n) is 1.37. The summed E-state index contributed by atoms with van der Waals surface area (Å²) in [6, 6.07) is 3.69. The van der Waals surface area contributed by atoms with Crippen molar-refractivity contribution in [3.8, 4) is 10.8 Å². The van der Waals surface area contributed by atoms with Crippen LogP contribution in [0.25, 0.3) is 10.8 Å². The monoisotopic (exact) mass is 181 g/mol. The summed E-state index contributed by atoms with van der Waals surface area (Å²) in [6.45, 7) is 0. The highest BCUT2D eigenvalue weighted by Crippen LogP contribution is 2.25. The molecule has 4 nitrogen and oxygen atoms in total. The van der Waals surface area contributed by atoms with Gasteiger partial charge in [0.15, 0.2) is 10.8 Å². The molecule has 0 saturated heterocycles. The van der Waals surface area contributed by atoms with E-state index in [1.807, 2.05) is 19.2 Å². The van der Waals surface area contributed by atoms with Crippen molar-refractivity contribution in [1.82, 2.24) is 10.2 Å². The van der Waals surface area contributed by atoms with Crippen LogP contribution >= 0.6 is 11.3 Å². The number of hydrogen-bond acceptors (Lipinski definition) is 5.